The Kier molecular flexibility index (Phi) is 4.81. The summed E-state index contributed by atoms with van der Waals surface area (Å²) in [6, 6.07) is 7.08. The third kappa shape index (κ3) is 3.67. The Morgan fingerprint density at radius 2 is 2.16 bits per heavy atom. The Morgan fingerprint density at radius 3 is 2.79 bits per heavy atom. The van der Waals surface area contributed by atoms with Crippen molar-refractivity contribution < 1.29 is 4.79 Å². The number of pyridine rings is 1. The lowest BCUT2D eigenvalue weighted by Gasteiger charge is -2.08. The molecule has 19 heavy (non-hydrogen) atoms. The number of aryl methyl sites for hydroxylation is 1. The van der Waals surface area contributed by atoms with Crippen molar-refractivity contribution in [2.75, 3.05) is 5.32 Å². The van der Waals surface area contributed by atoms with Crippen LogP contribution in [0.4, 0.5) is 5.82 Å². The summed E-state index contributed by atoms with van der Waals surface area (Å²) in [4.78, 5) is 16.3. The molecule has 0 spiro atoms. The van der Waals surface area contributed by atoms with E-state index >= 15 is 0 Å². The monoisotopic (exact) mass is 450 g/mol. The van der Waals surface area contributed by atoms with Gasteiger partial charge in [-0.25, -0.2) is 4.98 Å². The maximum absolute atomic E-state index is 12.1. The first-order chi connectivity index (χ1) is 8.97. The van der Waals surface area contributed by atoms with E-state index in [-0.39, 0.29) is 5.91 Å². The Balaban J connectivity index is 2.23. The Bertz CT molecular complexity index is 649. The average molecular weight is 451 g/mol. The van der Waals surface area contributed by atoms with E-state index in [4.69, 9.17) is 11.6 Å². The van der Waals surface area contributed by atoms with E-state index in [2.05, 4.69) is 48.8 Å². The van der Waals surface area contributed by atoms with Gasteiger partial charge in [0.2, 0.25) is 0 Å². The van der Waals surface area contributed by atoms with Gasteiger partial charge in [-0.1, -0.05) is 11.6 Å². The molecule has 0 atom stereocenters. The van der Waals surface area contributed by atoms with Crippen molar-refractivity contribution in [1.82, 2.24) is 4.98 Å². The van der Waals surface area contributed by atoms with E-state index in [0.29, 0.717) is 16.4 Å². The van der Waals surface area contributed by atoms with E-state index < -0.39 is 0 Å². The molecule has 0 saturated heterocycles. The van der Waals surface area contributed by atoms with Crippen molar-refractivity contribution in [3.63, 3.8) is 0 Å². The molecule has 0 radical (unpaired) electrons. The summed E-state index contributed by atoms with van der Waals surface area (Å²) < 4.78 is 1.79. The standard InChI is InChI=1S/C13H9BrClIN2O/c1-7-4-9(14)6-17-12(7)18-13(19)8-2-3-11(16)10(15)5-8/h2-6H,1H3,(H,17,18,19). The zero-order valence-electron chi connectivity index (χ0n) is 9.88. The summed E-state index contributed by atoms with van der Waals surface area (Å²) in [5.41, 5.74) is 1.40. The van der Waals surface area contributed by atoms with Crippen LogP contribution >= 0.6 is 50.1 Å². The third-order valence-electron chi connectivity index (χ3n) is 2.46. The van der Waals surface area contributed by atoms with Crippen LogP contribution < -0.4 is 5.32 Å². The highest BCUT2D eigenvalue weighted by atomic mass is 127. The fraction of sp³-hybridized carbons (Fsp3) is 0.0769. The number of rotatable bonds is 2. The molecular formula is C13H9BrClIN2O. The van der Waals surface area contributed by atoms with Crippen LogP contribution in [-0.2, 0) is 0 Å². The lowest BCUT2D eigenvalue weighted by atomic mass is 10.2. The first-order valence-corrected chi connectivity index (χ1v) is 7.61. The third-order valence-corrected chi connectivity index (χ3v) is 4.46. The SMILES string of the molecule is Cc1cc(Br)cnc1NC(=O)c1ccc(I)c(Cl)c1. The van der Waals surface area contributed by atoms with Gasteiger partial charge >= 0.3 is 0 Å². The maximum Gasteiger partial charge on any atom is 0.256 e. The summed E-state index contributed by atoms with van der Waals surface area (Å²) in [5.74, 6) is 0.319. The number of nitrogens with one attached hydrogen (secondary N) is 1. The molecule has 0 aliphatic heterocycles. The highest BCUT2D eigenvalue weighted by Crippen LogP contribution is 2.21. The minimum absolute atomic E-state index is 0.226. The lowest BCUT2D eigenvalue weighted by Crippen LogP contribution is -2.14. The van der Waals surface area contributed by atoms with Gasteiger partial charge in [-0.15, -0.1) is 0 Å². The van der Waals surface area contributed by atoms with Crippen molar-refractivity contribution in [3.8, 4) is 0 Å². The van der Waals surface area contributed by atoms with Crippen molar-refractivity contribution in [2.45, 2.75) is 6.92 Å². The molecule has 0 aliphatic rings. The van der Waals surface area contributed by atoms with Crippen LogP contribution in [0.5, 0.6) is 0 Å². The van der Waals surface area contributed by atoms with Gasteiger partial charge in [0.15, 0.2) is 0 Å². The minimum atomic E-state index is -0.226. The number of anilines is 1. The zero-order chi connectivity index (χ0) is 14.0. The topological polar surface area (TPSA) is 42.0 Å². The molecule has 1 amide bonds. The summed E-state index contributed by atoms with van der Waals surface area (Å²) in [7, 11) is 0. The van der Waals surface area contributed by atoms with Crippen molar-refractivity contribution >= 4 is 61.8 Å². The second-order valence-electron chi connectivity index (χ2n) is 3.90. The second kappa shape index (κ2) is 6.19. The summed E-state index contributed by atoms with van der Waals surface area (Å²) >= 11 is 11.5. The molecule has 2 aromatic rings. The molecule has 1 aromatic heterocycles. The molecule has 1 N–H and O–H groups in total. The van der Waals surface area contributed by atoms with Crippen molar-refractivity contribution in [2.24, 2.45) is 0 Å². The van der Waals surface area contributed by atoms with Gasteiger partial charge in [0.25, 0.3) is 5.91 Å². The molecule has 0 aliphatic carbocycles. The highest BCUT2D eigenvalue weighted by molar-refractivity contribution is 14.1. The van der Waals surface area contributed by atoms with E-state index in [1.54, 1.807) is 24.4 Å². The van der Waals surface area contributed by atoms with Crippen LogP contribution in [0, 0.1) is 10.5 Å². The molecule has 0 fully saturated rings. The van der Waals surface area contributed by atoms with E-state index in [9.17, 15) is 4.79 Å². The maximum atomic E-state index is 12.1. The highest BCUT2D eigenvalue weighted by Gasteiger charge is 2.10. The average Bonchev–Trinajstić information content (AvgIpc) is 2.36. The number of carbonyl (C=O) groups excluding carboxylic acids is 1. The van der Waals surface area contributed by atoms with Gasteiger partial charge in [-0.05, 0) is 75.3 Å². The van der Waals surface area contributed by atoms with Gasteiger partial charge in [0.05, 0.1) is 5.02 Å². The van der Waals surface area contributed by atoms with Crippen LogP contribution in [0.25, 0.3) is 0 Å². The molecule has 0 unspecified atom stereocenters. The molecule has 0 bridgehead atoms. The minimum Gasteiger partial charge on any atom is -0.306 e. The van der Waals surface area contributed by atoms with Crippen LogP contribution in [0.2, 0.25) is 5.02 Å². The number of benzene rings is 1. The molecule has 1 heterocycles. The molecular weight excluding hydrogens is 442 g/mol. The fourth-order valence-corrected chi connectivity index (χ4v) is 2.45. The first kappa shape index (κ1) is 14.7. The van der Waals surface area contributed by atoms with Crippen molar-refractivity contribution in [1.29, 1.82) is 0 Å². The summed E-state index contributed by atoms with van der Waals surface area (Å²) in [6.07, 6.45) is 1.64. The van der Waals surface area contributed by atoms with Gasteiger partial charge < -0.3 is 5.32 Å². The van der Waals surface area contributed by atoms with Crippen LogP contribution in [0.3, 0.4) is 0 Å². The normalized spacial score (nSPS) is 10.3. The summed E-state index contributed by atoms with van der Waals surface area (Å²) in [6.45, 7) is 1.88. The van der Waals surface area contributed by atoms with E-state index in [1.165, 1.54) is 0 Å². The van der Waals surface area contributed by atoms with Gasteiger partial charge in [-0.2, -0.15) is 0 Å². The predicted octanol–water partition coefficient (Wildman–Crippen LogP) is 4.66. The molecule has 3 nitrogen and oxygen atoms in total. The number of halogens is 3. The number of hydrogen-bond acceptors (Lipinski definition) is 2. The number of hydrogen-bond donors (Lipinski definition) is 1. The molecule has 6 heteroatoms. The first-order valence-electron chi connectivity index (χ1n) is 5.36. The Labute approximate surface area is 138 Å². The zero-order valence-corrected chi connectivity index (χ0v) is 14.4. The number of nitrogens with zero attached hydrogens (tertiary/aromatic N) is 1. The van der Waals surface area contributed by atoms with Gasteiger partial charge in [0, 0.05) is 19.8 Å². The van der Waals surface area contributed by atoms with Crippen LogP contribution in [0.15, 0.2) is 34.9 Å². The smallest absolute Gasteiger partial charge is 0.256 e. The number of carbonyl (C=O) groups is 1. The fourth-order valence-electron chi connectivity index (χ4n) is 1.49. The van der Waals surface area contributed by atoms with Crippen LogP contribution in [0.1, 0.15) is 15.9 Å². The van der Waals surface area contributed by atoms with Gasteiger partial charge in [0.1, 0.15) is 5.82 Å². The molecule has 0 saturated carbocycles. The molecule has 98 valence electrons. The lowest BCUT2D eigenvalue weighted by molar-refractivity contribution is 0.102. The molecule has 2 rings (SSSR count). The van der Waals surface area contributed by atoms with Crippen molar-refractivity contribution in [3.05, 3.63) is 54.7 Å². The largest absolute Gasteiger partial charge is 0.306 e. The second-order valence-corrected chi connectivity index (χ2v) is 6.39. The summed E-state index contributed by atoms with van der Waals surface area (Å²) in [5, 5.41) is 3.33. The van der Waals surface area contributed by atoms with Crippen LogP contribution in [-0.4, -0.2) is 10.9 Å². The Hall–Kier alpha value is -0.660. The van der Waals surface area contributed by atoms with Gasteiger partial charge in [-0.3, -0.25) is 4.79 Å². The number of amides is 1. The number of aromatic nitrogens is 1. The van der Waals surface area contributed by atoms with E-state index in [1.807, 2.05) is 13.0 Å². The quantitative estimate of drug-likeness (QED) is 0.675. The Morgan fingerprint density at radius 1 is 1.42 bits per heavy atom. The predicted molar refractivity (Wildman–Crippen MR) is 88.8 cm³/mol. The van der Waals surface area contributed by atoms with E-state index in [0.717, 1.165) is 13.6 Å². The molecule has 1 aromatic carbocycles.